The summed E-state index contributed by atoms with van der Waals surface area (Å²) in [5.74, 6) is 0. The summed E-state index contributed by atoms with van der Waals surface area (Å²) < 4.78 is 0. The maximum atomic E-state index is 4.75. The van der Waals surface area contributed by atoms with Crippen LogP contribution in [0.25, 0.3) is 21.8 Å². The molecular weight excluding hydrogens is 268 g/mol. The predicted molar refractivity (Wildman–Crippen MR) is 91.0 cm³/mol. The van der Waals surface area contributed by atoms with Gasteiger partial charge in [0.25, 0.3) is 0 Å². The van der Waals surface area contributed by atoms with Gasteiger partial charge in [0.05, 0.1) is 16.7 Å². The minimum absolute atomic E-state index is 0.807. The summed E-state index contributed by atoms with van der Waals surface area (Å²) in [7, 11) is 0. The number of aromatic nitrogens is 2. The predicted octanol–water partition coefficient (Wildman–Crippen LogP) is 4.68. The van der Waals surface area contributed by atoms with Crippen molar-refractivity contribution in [2.24, 2.45) is 0 Å². The SMILES string of the molecule is Cc1ccc2ncc(Cc3ccc4ccccc4c3)nc2c1. The molecule has 4 rings (SSSR count). The zero-order valence-corrected chi connectivity index (χ0v) is 12.5. The molecule has 1 heterocycles. The third-order valence-electron chi connectivity index (χ3n) is 3.95. The highest BCUT2D eigenvalue weighted by atomic mass is 14.8. The summed E-state index contributed by atoms with van der Waals surface area (Å²) in [6.45, 7) is 2.08. The first-order valence-corrected chi connectivity index (χ1v) is 7.48. The van der Waals surface area contributed by atoms with Gasteiger partial charge in [-0.15, -0.1) is 0 Å². The van der Waals surface area contributed by atoms with Gasteiger partial charge < -0.3 is 0 Å². The van der Waals surface area contributed by atoms with Gasteiger partial charge in [-0.1, -0.05) is 48.5 Å². The molecule has 0 fully saturated rings. The van der Waals surface area contributed by atoms with Gasteiger partial charge in [0.15, 0.2) is 0 Å². The molecular formula is C20H16N2. The number of benzene rings is 3. The molecule has 0 bridgehead atoms. The highest BCUT2D eigenvalue weighted by Crippen LogP contribution is 2.18. The van der Waals surface area contributed by atoms with Crippen LogP contribution < -0.4 is 0 Å². The van der Waals surface area contributed by atoms with Crippen molar-refractivity contribution in [1.82, 2.24) is 9.97 Å². The van der Waals surface area contributed by atoms with Gasteiger partial charge in [0.1, 0.15) is 0 Å². The molecule has 0 atom stereocenters. The van der Waals surface area contributed by atoms with Crippen LogP contribution in [0.4, 0.5) is 0 Å². The summed E-state index contributed by atoms with van der Waals surface area (Å²) >= 11 is 0. The lowest BCUT2D eigenvalue weighted by atomic mass is 10.0. The first-order chi connectivity index (χ1) is 10.8. The molecule has 0 radical (unpaired) electrons. The van der Waals surface area contributed by atoms with Gasteiger partial charge in [0, 0.05) is 12.6 Å². The summed E-state index contributed by atoms with van der Waals surface area (Å²) in [5.41, 5.74) is 5.41. The van der Waals surface area contributed by atoms with Crippen molar-refractivity contribution in [1.29, 1.82) is 0 Å². The second-order valence-corrected chi connectivity index (χ2v) is 5.71. The number of hydrogen-bond donors (Lipinski definition) is 0. The van der Waals surface area contributed by atoms with E-state index in [1.54, 1.807) is 0 Å². The molecule has 0 N–H and O–H groups in total. The van der Waals surface area contributed by atoms with Crippen LogP contribution in [0.1, 0.15) is 16.8 Å². The Morgan fingerprint density at radius 3 is 2.59 bits per heavy atom. The fraction of sp³-hybridized carbons (Fsp3) is 0.100. The fourth-order valence-electron chi connectivity index (χ4n) is 2.80. The quantitative estimate of drug-likeness (QED) is 0.534. The lowest BCUT2D eigenvalue weighted by Crippen LogP contribution is -1.95. The average molecular weight is 284 g/mol. The molecule has 22 heavy (non-hydrogen) atoms. The second kappa shape index (κ2) is 5.23. The van der Waals surface area contributed by atoms with Crippen LogP contribution in [0.3, 0.4) is 0 Å². The van der Waals surface area contributed by atoms with Crippen molar-refractivity contribution < 1.29 is 0 Å². The summed E-state index contributed by atoms with van der Waals surface area (Å²) in [6.07, 6.45) is 2.69. The monoisotopic (exact) mass is 284 g/mol. The molecule has 4 aromatic rings. The molecule has 0 saturated heterocycles. The number of aryl methyl sites for hydroxylation is 1. The Hall–Kier alpha value is -2.74. The van der Waals surface area contributed by atoms with E-state index >= 15 is 0 Å². The maximum absolute atomic E-state index is 4.75. The number of hydrogen-bond acceptors (Lipinski definition) is 2. The second-order valence-electron chi connectivity index (χ2n) is 5.71. The van der Waals surface area contributed by atoms with Gasteiger partial charge in [-0.2, -0.15) is 0 Å². The van der Waals surface area contributed by atoms with Crippen LogP contribution in [0, 0.1) is 6.92 Å². The van der Waals surface area contributed by atoms with Crippen molar-refractivity contribution in [3.05, 3.63) is 83.7 Å². The van der Waals surface area contributed by atoms with Gasteiger partial charge in [-0.05, 0) is 41.0 Å². The van der Waals surface area contributed by atoms with E-state index in [1.165, 1.54) is 21.9 Å². The summed E-state index contributed by atoms with van der Waals surface area (Å²) in [4.78, 5) is 9.27. The molecule has 0 aliphatic carbocycles. The van der Waals surface area contributed by atoms with Gasteiger partial charge in [-0.3, -0.25) is 4.98 Å². The maximum Gasteiger partial charge on any atom is 0.0892 e. The normalized spacial score (nSPS) is 11.1. The van der Waals surface area contributed by atoms with Crippen molar-refractivity contribution in [2.45, 2.75) is 13.3 Å². The number of rotatable bonds is 2. The molecule has 1 aromatic heterocycles. The molecule has 0 aliphatic rings. The van der Waals surface area contributed by atoms with Crippen LogP contribution in [0.2, 0.25) is 0 Å². The third kappa shape index (κ3) is 2.44. The molecule has 0 saturated carbocycles. The zero-order valence-electron chi connectivity index (χ0n) is 12.5. The number of fused-ring (bicyclic) bond motifs is 2. The van der Waals surface area contributed by atoms with Crippen molar-refractivity contribution in [3.8, 4) is 0 Å². The van der Waals surface area contributed by atoms with Gasteiger partial charge in [0.2, 0.25) is 0 Å². The number of nitrogens with zero attached hydrogens (tertiary/aromatic N) is 2. The average Bonchev–Trinajstić information content (AvgIpc) is 2.54. The summed E-state index contributed by atoms with van der Waals surface area (Å²) in [5, 5.41) is 2.54. The molecule has 0 spiro atoms. The zero-order chi connectivity index (χ0) is 14.9. The Morgan fingerprint density at radius 2 is 1.68 bits per heavy atom. The van der Waals surface area contributed by atoms with E-state index in [0.717, 1.165) is 23.1 Å². The van der Waals surface area contributed by atoms with Gasteiger partial charge in [-0.25, -0.2) is 4.98 Å². The highest BCUT2D eigenvalue weighted by molar-refractivity contribution is 5.83. The van der Waals surface area contributed by atoms with Crippen LogP contribution in [0.15, 0.2) is 66.9 Å². The highest BCUT2D eigenvalue weighted by Gasteiger charge is 2.03. The molecule has 0 amide bonds. The minimum atomic E-state index is 0.807. The van der Waals surface area contributed by atoms with E-state index in [4.69, 9.17) is 4.98 Å². The Bertz CT molecular complexity index is 973. The van der Waals surface area contributed by atoms with Crippen LogP contribution in [-0.2, 0) is 6.42 Å². The summed E-state index contributed by atoms with van der Waals surface area (Å²) in [6, 6.07) is 21.2. The van der Waals surface area contributed by atoms with Crippen molar-refractivity contribution >= 4 is 21.8 Å². The fourth-order valence-corrected chi connectivity index (χ4v) is 2.80. The Morgan fingerprint density at radius 1 is 0.818 bits per heavy atom. The van der Waals surface area contributed by atoms with E-state index in [-0.39, 0.29) is 0 Å². The topological polar surface area (TPSA) is 25.8 Å². The first kappa shape index (κ1) is 13.0. The molecule has 3 aromatic carbocycles. The standard InChI is InChI=1S/C20H16N2/c1-14-6-9-19-20(10-14)22-18(13-21-19)12-15-7-8-16-4-2-3-5-17(16)11-15/h2-11,13H,12H2,1H3. The lowest BCUT2D eigenvalue weighted by Gasteiger charge is -2.05. The van der Waals surface area contributed by atoms with Crippen molar-refractivity contribution in [2.75, 3.05) is 0 Å². The van der Waals surface area contributed by atoms with E-state index in [9.17, 15) is 0 Å². The van der Waals surface area contributed by atoms with E-state index in [2.05, 4.69) is 66.5 Å². The van der Waals surface area contributed by atoms with E-state index in [1.807, 2.05) is 12.3 Å². The van der Waals surface area contributed by atoms with Crippen molar-refractivity contribution in [3.63, 3.8) is 0 Å². The Balaban J connectivity index is 1.72. The molecule has 106 valence electrons. The van der Waals surface area contributed by atoms with Crippen LogP contribution in [0.5, 0.6) is 0 Å². The Labute approximate surface area is 129 Å². The van der Waals surface area contributed by atoms with E-state index in [0.29, 0.717) is 0 Å². The smallest absolute Gasteiger partial charge is 0.0892 e. The first-order valence-electron chi connectivity index (χ1n) is 7.48. The molecule has 2 nitrogen and oxygen atoms in total. The van der Waals surface area contributed by atoms with Gasteiger partial charge >= 0.3 is 0 Å². The molecule has 0 unspecified atom stereocenters. The van der Waals surface area contributed by atoms with Crippen LogP contribution in [-0.4, -0.2) is 9.97 Å². The molecule has 2 heteroatoms. The third-order valence-corrected chi connectivity index (χ3v) is 3.95. The largest absolute Gasteiger partial charge is 0.253 e. The minimum Gasteiger partial charge on any atom is -0.253 e. The van der Waals surface area contributed by atoms with E-state index < -0.39 is 0 Å². The van der Waals surface area contributed by atoms with Crippen LogP contribution >= 0.6 is 0 Å². The lowest BCUT2D eigenvalue weighted by molar-refractivity contribution is 1.07. The Kier molecular flexibility index (Phi) is 3.08. The molecule has 0 aliphatic heterocycles.